The van der Waals surface area contributed by atoms with Crippen molar-refractivity contribution in [2.75, 3.05) is 17.6 Å². The second-order valence-electron chi connectivity index (χ2n) is 5.53. The van der Waals surface area contributed by atoms with Crippen LogP contribution >= 0.6 is 0 Å². The molecule has 1 aliphatic rings. The summed E-state index contributed by atoms with van der Waals surface area (Å²) in [6, 6.07) is 2.37. The molecule has 24 heavy (non-hydrogen) atoms. The number of rotatable bonds is 6. The normalized spacial score (nSPS) is 18.5. The lowest BCUT2D eigenvalue weighted by atomic mass is 10.2. The molecule has 0 unspecified atom stereocenters. The van der Waals surface area contributed by atoms with Gasteiger partial charge in [-0.2, -0.15) is 4.31 Å². The maximum Gasteiger partial charge on any atom is 0.271 e. The Hall–Kier alpha value is -2.20. The summed E-state index contributed by atoms with van der Waals surface area (Å²) in [6.45, 7) is 2.01. The Kier molecular flexibility index (Phi) is 5.40. The maximum atomic E-state index is 12.4. The van der Waals surface area contributed by atoms with E-state index in [9.17, 15) is 28.4 Å². The average molecular weight is 357 g/mol. The minimum absolute atomic E-state index is 0.0428. The topological polar surface area (TPSA) is 130 Å². The number of benzene rings is 1. The molecule has 1 aromatic rings. The van der Waals surface area contributed by atoms with E-state index in [1.807, 2.05) is 0 Å². The number of nitrogens with one attached hydrogen (secondary N) is 1. The molecule has 0 bridgehead atoms. The molecular weight excluding hydrogens is 338 g/mol. The number of amides is 1. The van der Waals surface area contributed by atoms with E-state index in [1.165, 1.54) is 4.31 Å². The number of sulfonamides is 1. The van der Waals surface area contributed by atoms with E-state index in [-0.39, 0.29) is 29.4 Å². The summed E-state index contributed by atoms with van der Waals surface area (Å²) in [6.07, 6.45) is 1.37. The van der Waals surface area contributed by atoms with E-state index in [4.69, 9.17) is 0 Å². The maximum absolute atomic E-state index is 12.4. The van der Waals surface area contributed by atoms with Crippen LogP contribution in [0.5, 0.6) is 5.75 Å². The van der Waals surface area contributed by atoms with Crippen molar-refractivity contribution < 1.29 is 23.2 Å². The Balaban J connectivity index is 2.20. The van der Waals surface area contributed by atoms with Crippen molar-refractivity contribution >= 4 is 27.3 Å². The van der Waals surface area contributed by atoms with Crippen LogP contribution in [-0.4, -0.2) is 47.0 Å². The van der Waals surface area contributed by atoms with E-state index >= 15 is 0 Å². The van der Waals surface area contributed by atoms with Crippen LogP contribution in [0.4, 0.5) is 11.4 Å². The first-order chi connectivity index (χ1) is 11.3. The molecule has 1 fully saturated rings. The molecule has 0 aromatic heterocycles. The minimum atomic E-state index is -3.53. The van der Waals surface area contributed by atoms with E-state index in [2.05, 4.69) is 5.32 Å². The number of carbonyl (C=O) groups is 1. The smallest absolute Gasteiger partial charge is 0.271 e. The van der Waals surface area contributed by atoms with Crippen molar-refractivity contribution in [3.8, 4) is 5.75 Å². The summed E-state index contributed by atoms with van der Waals surface area (Å²) in [4.78, 5) is 22.5. The fourth-order valence-corrected chi connectivity index (χ4v) is 4.41. The molecule has 1 aliphatic heterocycles. The number of aromatic hydroxyl groups is 1. The van der Waals surface area contributed by atoms with Crippen LogP contribution < -0.4 is 5.32 Å². The van der Waals surface area contributed by atoms with Gasteiger partial charge in [0.15, 0.2) is 0 Å². The Morgan fingerprint density at radius 3 is 2.83 bits per heavy atom. The molecule has 9 nitrogen and oxygen atoms in total. The van der Waals surface area contributed by atoms with Crippen LogP contribution in [0.25, 0.3) is 0 Å². The molecule has 2 N–H and O–H groups in total. The highest BCUT2D eigenvalue weighted by molar-refractivity contribution is 7.89. The number of non-ortho nitro benzene ring substituents is 1. The van der Waals surface area contributed by atoms with Crippen molar-refractivity contribution in [1.29, 1.82) is 0 Å². The number of nitrogens with zero attached hydrogens (tertiary/aromatic N) is 2. The Labute approximate surface area is 139 Å². The number of nitro groups is 1. The van der Waals surface area contributed by atoms with Gasteiger partial charge in [-0.25, -0.2) is 8.42 Å². The number of hydrogen-bond acceptors (Lipinski definition) is 6. The fourth-order valence-electron chi connectivity index (χ4n) is 2.66. The van der Waals surface area contributed by atoms with Gasteiger partial charge in [0.1, 0.15) is 11.8 Å². The molecule has 0 spiro atoms. The summed E-state index contributed by atoms with van der Waals surface area (Å²) in [5.41, 5.74) is -0.404. The molecule has 0 aliphatic carbocycles. The minimum Gasteiger partial charge on any atom is -0.506 e. The van der Waals surface area contributed by atoms with E-state index in [0.29, 0.717) is 19.3 Å². The van der Waals surface area contributed by atoms with Gasteiger partial charge in [0.2, 0.25) is 15.9 Å². The van der Waals surface area contributed by atoms with Gasteiger partial charge in [0, 0.05) is 18.7 Å². The third-order valence-electron chi connectivity index (χ3n) is 3.77. The van der Waals surface area contributed by atoms with Gasteiger partial charge in [-0.3, -0.25) is 14.9 Å². The van der Waals surface area contributed by atoms with Crippen molar-refractivity contribution in [1.82, 2.24) is 4.31 Å². The third-order valence-corrected chi connectivity index (χ3v) is 5.85. The van der Waals surface area contributed by atoms with Gasteiger partial charge < -0.3 is 10.4 Å². The summed E-state index contributed by atoms with van der Waals surface area (Å²) in [7, 11) is -3.53. The molecule has 1 atom stereocenters. The zero-order chi connectivity index (χ0) is 17.9. The number of anilines is 1. The quantitative estimate of drug-likeness (QED) is 0.450. The lowest BCUT2D eigenvalue weighted by Crippen LogP contribution is -2.44. The standard InChI is InChI=1S/C14H19N3O6S/c1-2-8-24(22,23)16-7-3-4-12(16)14(19)15-11-9-10(17(20)21)5-6-13(11)18/h5-6,9,12,18H,2-4,7-8H2,1H3,(H,15,19)/t12-/m0/s1. The second kappa shape index (κ2) is 7.14. The first-order valence-corrected chi connectivity index (χ1v) is 9.15. The van der Waals surface area contributed by atoms with Crippen molar-refractivity contribution in [2.24, 2.45) is 0 Å². The molecule has 132 valence electrons. The van der Waals surface area contributed by atoms with E-state index < -0.39 is 26.9 Å². The van der Waals surface area contributed by atoms with Crippen LogP contribution in [-0.2, 0) is 14.8 Å². The lowest BCUT2D eigenvalue weighted by Gasteiger charge is -2.23. The lowest BCUT2D eigenvalue weighted by molar-refractivity contribution is -0.384. The molecular formula is C14H19N3O6S. The summed E-state index contributed by atoms with van der Waals surface area (Å²) >= 11 is 0. The van der Waals surface area contributed by atoms with Gasteiger partial charge >= 0.3 is 0 Å². The third kappa shape index (κ3) is 3.82. The monoisotopic (exact) mass is 357 g/mol. The highest BCUT2D eigenvalue weighted by Gasteiger charge is 2.38. The zero-order valence-corrected chi connectivity index (χ0v) is 14.0. The predicted octanol–water partition coefficient (Wildman–Crippen LogP) is 1.44. The molecule has 1 heterocycles. The van der Waals surface area contributed by atoms with Crippen molar-refractivity contribution in [3.05, 3.63) is 28.3 Å². The molecule has 0 radical (unpaired) electrons. The fraction of sp³-hybridized carbons (Fsp3) is 0.500. The van der Waals surface area contributed by atoms with Crippen LogP contribution in [0, 0.1) is 10.1 Å². The predicted molar refractivity (Wildman–Crippen MR) is 87.2 cm³/mol. The van der Waals surface area contributed by atoms with Crippen LogP contribution in [0.3, 0.4) is 0 Å². The van der Waals surface area contributed by atoms with Gasteiger partial charge in [-0.05, 0) is 25.3 Å². The van der Waals surface area contributed by atoms with Gasteiger partial charge in [0.25, 0.3) is 5.69 Å². The van der Waals surface area contributed by atoms with Crippen molar-refractivity contribution in [3.63, 3.8) is 0 Å². The Morgan fingerprint density at radius 2 is 2.21 bits per heavy atom. The summed E-state index contributed by atoms with van der Waals surface area (Å²) < 4.78 is 25.6. The highest BCUT2D eigenvalue weighted by Crippen LogP contribution is 2.29. The molecule has 2 rings (SSSR count). The largest absolute Gasteiger partial charge is 0.506 e. The zero-order valence-electron chi connectivity index (χ0n) is 13.1. The Morgan fingerprint density at radius 1 is 1.50 bits per heavy atom. The summed E-state index contributed by atoms with van der Waals surface area (Å²) in [5.74, 6) is -0.975. The SMILES string of the molecule is CCCS(=O)(=O)N1CCC[C@H]1C(=O)Nc1cc([N+](=O)[O-])ccc1O. The van der Waals surface area contributed by atoms with E-state index in [0.717, 1.165) is 18.2 Å². The van der Waals surface area contributed by atoms with E-state index in [1.54, 1.807) is 6.92 Å². The molecule has 1 saturated heterocycles. The molecule has 0 saturated carbocycles. The van der Waals surface area contributed by atoms with Crippen LogP contribution in [0.15, 0.2) is 18.2 Å². The average Bonchev–Trinajstić information content (AvgIpc) is 2.99. The van der Waals surface area contributed by atoms with Crippen LogP contribution in [0.2, 0.25) is 0 Å². The number of phenols is 1. The molecule has 1 aromatic carbocycles. The number of phenolic OH excluding ortho intramolecular Hbond substituents is 1. The first kappa shape index (κ1) is 18.1. The highest BCUT2D eigenvalue weighted by atomic mass is 32.2. The molecule has 1 amide bonds. The van der Waals surface area contributed by atoms with Crippen LogP contribution in [0.1, 0.15) is 26.2 Å². The van der Waals surface area contributed by atoms with Crippen molar-refractivity contribution in [2.45, 2.75) is 32.2 Å². The summed E-state index contributed by atoms with van der Waals surface area (Å²) in [5, 5.41) is 22.9. The number of nitro benzene ring substituents is 1. The first-order valence-electron chi connectivity index (χ1n) is 7.54. The Bertz CT molecular complexity index is 749. The number of carbonyl (C=O) groups excluding carboxylic acids is 1. The molecule has 10 heteroatoms. The van der Waals surface area contributed by atoms with Gasteiger partial charge in [-0.15, -0.1) is 0 Å². The van der Waals surface area contributed by atoms with Gasteiger partial charge in [-0.1, -0.05) is 6.92 Å². The number of hydrogen-bond donors (Lipinski definition) is 2. The second-order valence-corrected chi connectivity index (χ2v) is 7.57. The van der Waals surface area contributed by atoms with Gasteiger partial charge in [0.05, 0.1) is 16.4 Å².